The van der Waals surface area contributed by atoms with Crippen LogP contribution in [0, 0.1) is 13.8 Å². The second kappa shape index (κ2) is 8.01. The van der Waals surface area contributed by atoms with Crippen LogP contribution in [0.25, 0.3) is 6.08 Å². The molecule has 5 heteroatoms. The molecule has 2 aliphatic heterocycles. The SMILES string of the molecule is CCN1CCN(Cc2c(O)cc(C)c3c2O/C(=C\c2ccc(C)cc2)C3=O)CC1. The van der Waals surface area contributed by atoms with Crippen molar-refractivity contribution in [1.82, 2.24) is 9.80 Å². The Hall–Kier alpha value is -2.63. The van der Waals surface area contributed by atoms with E-state index in [1.807, 2.05) is 38.1 Å². The number of rotatable bonds is 4. The van der Waals surface area contributed by atoms with Gasteiger partial charge < -0.3 is 14.7 Å². The van der Waals surface area contributed by atoms with Crippen LogP contribution in [0.2, 0.25) is 0 Å². The molecule has 0 radical (unpaired) electrons. The number of carbonyl (C=O) groups is 1. The normalized spacial score (nSPS) is 18.9. The van der Waals surface area contributed by atoms with Gasteiger partial charge in [0.25, 0.3) is 0 Å². The van der Waals surface area contributed by atoms with Crippen LogP contribution in [-0.4, -0.2) is 53.4 Å². The summed E-state index contributed by atoms with van der Waals surface area (Å²) in [4.78, 5) is 17.8. The van der Waals surface area contributed by atoms with E-state index in [0.29, 0.717) is 29.2 Å². The van der Waals surface area contributed by atoms with Crippen molar-refractivity contribution in [3.8, 4) is 11.5 Å². The van der Waals surface area contributed by atoms with Crippen molar-refractivity contribution < 1.29 is 14.6 Å². The predicted octanol–water partition coefficient (Wildman–Crippen LogP) is 3.76. The number of phenols is 1. The number of phenolic OH excluding ortho intramolecular Hbond substituents is 1. The molecule has 152 valence electrons. The minimum atomic E-state index is -0.116. The van der Waals surface area contributed by atoms with Gasteiger partial charge in [-0.2, -0.15) is 0 Å². The van der Waals surface area contributed by atoms with E-state index in [4.69, 9.17) is 4.74 Å². The molecule has 2 aliphatic rings. The van der Waals surface area contributed by atoms with Crippen LogP contribution in [0.4, 0.5) is 0 Å². The summed E-state index contributed by atoms with van der Waals surface area (Å²) < 4.78 is 6.04. The highest BCUT2D eigenvalue weighted by Crippen LogP contribution is 2.42. The molecule has 0 saturated carbocycles. The van der Waals surface area contributed by atoms with Gasteiger partial charge in [-0.3, -0.25) is 9.69 Å². The third kappa shape index (κ3) is 3.93. The van der Waals surface area contributed by atoms with Crippen LogP contribution in [0.15, 0.2) is 36.1 Å². The quantitative estimate of drug-likeness (QED) is 0.803. The summed E-state index contributed by atoms with van der Waals surface area (Å²) in [6.07, 6.45) is 1.78. The zero-order valence-corrected chi connectivity index (χ0v) is 17.4. The lowest BCUT2D eigenvalue weighted by atomic mass is 9.99. The van der Waals surface area contributed by atoms with Crippen LogP contribution in [-0.2, 0) is 6.54 Å². The van der Waals surface area contributed by atoms with E-state index >= 15 is 0 Å². The maximum atomic E-state index is 13.0. The van der Waals surface area contributed by atoms with E-state index < -0.39 is 0 Å². The topological polar surface area (TPSA) is 53.0 Å². The molecule has 0 amide bonds. The summed E-state index contributed by atoms with van der Waals surface area (Å²) in [5, 5.41) is 10.6. The average Bonchev–Trinajstić information content (AvgIpc) is 3.04. The van der Waals surface area contributed by atoms with Crippen molar-refractivity contribution in [2.45, 2.75) is 27.3 Å². The number of fused-ring (bicyclic) bond motifs is 1. The Morgan fingerprint density at radius 1 is 1.07 bits per heavy atom. The smallest absolute Gasteiger partial charge is 0.232 e. The number of nitrogens with zero attached hydrogens (tertiary/aromatic N) is 2. The molecule has 0 spiro atoms. The molecule has 2 heterocycles. The number of ketones is 1. The molecule has 5 nitrogen and oxygen atoms in total. The molecule has 1 N–H and O–H groups in total. The number of Topliss-reactive ketones (excluding diaryl/α,β-unsaturated/α-hetero) is 1. The van der Waals surface area contributed by atoms with E-state index in [2.05, 4.69) is 16.7 Å². The number of carbonyl (C=O) groups excluding carboxylic acids is 1. The van der Waals surface area contributed by atoms with Crippen molar-refractivity contribution in [2.75, 3.05) is 32.7 Å². The van der Waals surface area contributed by atoms with Gasteiger partial charge in [-0.1, -0.05) is 36.8 Å². The maximum Gasteiger partial charge on any atom is 0.232 e. The molecule has 1 fully saturated rings. The number of allylic oxidation sites excluding steroid dienone is 1. The Morgan fingerprint density at radius 3 is 2.38 bits per heavy atom. The summed E-state index contributed by atoms with van der Waals surface area (Å²) in [5.41, 5.74) is 4.11. The number of likely N-dealkylation sites (N-methyl/N-ethyl adjacent to an activating group) is 1. The predicted molar refractivity (Wildman–Crippen MR) is 114 cm³/mol. The number of benzene rings is 2. The first-order valence-corrected chi connectivity index (χ1v) is 10.3. The van der Waals surface area contributed by atoms with Crippen molar-refractivity contribution >= 4 is 11.9 Å². The van der Waals surface area contributed by atoms with E-state index in [-0.39, 0.29) is 11.5 Å². The molecular weight excluding hydrogens is 364 g/mol. The molecule has 0 atom stereocenters. The summed E-state index contributed by atoms with van der Waals surface area (Å²) in [7, 11) is 0. The first-order valence-electron chi connectivity index (χ1n) is 10.3. The number of ether oxygens (including phenoxy) is 1. The van der Waals surface area contributed by atoms with E-state index in [1.165, 1.54) is 5.56 Å². The van der Waals surface area contributed by atoms with E-state index in [0.717, 1.165) is 43.9 Å². The highest BCUT2D eigenvalue weighted by Gasteiger charge is 2.34. The largest absolute Gasteiger partial charge is 0.507 e. The second-order valence-corrected chi connectivity index (χ2v) is 7.96. The van der Waals surface area contributed by atoms with Crippen molar-refractivity contribution in [3.63, 3.8) is 0 Å². The van der Waals surface area contributed by atoms with Crippen molar-refractivity contribution in [3.05, 3.63) is 63.9 Å². The van der Waals surface area contributed by atoms with Gasteiger partial charge in [-0.25, -0.2) is 0 Å². The third-order valence-electron chi connectivity index (χ3n) is 5.89. The molecule has 1 saturated heterocycles. The fourth-order valence-corrected chi connectivity index (χ4v) is 4.03. The maximum absolute atomic E-state index is 13.0. The average molecular weight is 392 g/mol. The number of piperazine rings is 1. The first-order chi connectivity index (χ1) is 14.0. The Labute approximate surface area is 172 Å². The molecule has 29 heavy (non-hydrogen) atoms. The number of hydrogen-bond donors (Lipinski definition) is 1. The summed E-state index contributed by atoms with van der Waals surface area (Å²) in [6.45, 7) is 11.6. The van der Waals surface area contributed by atoms with Crippen molar-refractivity contribution in [2.24, 2.45) is 0 Å². The number of aryl methyl sites for hydroxylation is 2. The van der Waals surface area contributed by atoms with E-state index in [9.17, 15) is 9.90 Å². The molecule has 0 aliphatic carbocycles. The minimum Gasteiger partial charge on any atom is -0.507 e. The Kier molecular flexibility index (Phi) is 5.43. The van der Waals surface area contributed by atoms with Gasteiger partial charge in [-0.15, -0.1) is 0 Å². The zero-order chi connectivity index (χ0) is 20.5. The highest BCUT2D eigenvalue weighted by molar-refractivity contribution is 6.15. The molecule has 2 aromatic carbocycles. The highest BCUT2D eigenvalue weighted by atomic mass is 16.5. The van der Waals surface area contributed by atoms with Gasteiger partial charge in [0.05, 0.1) is 11.1 Å². The minimum absolute atomic E-state index is 0.116. The number of aromatic hydroxyl groups is 1. The zero-order valence-electron chi connectivity index (χ0n) is 17.4. The van der Waals surface area contributed by atoms with Gasteiger partial charge >= 0.3 is 0 Å². The standard InChI is InChI=1S/C24H28N2O3/c1-4-25-9-11-26(12-10-25)15-19-20(27)13-17(3)22-23(28)21(29-24(19)22)14-18-7-5-16(2)6-8-18/h5-8,13-14,27H,4,9-12,15H2,1-3H3/b21-14-. The number of hydrogen-bond acceptors (Lipinski definition) is 5. The van der Waals surface area contributed by atoms with Gasteiger partial charge in [-0.05, 0) is 43.7 Å². The van der Waals surface area contributed by atoms with Gasteiger partial charge in [0.1, 0.15) is 11.5 Å². The van der Waals surface area contributed by atoms with Crippen LogP contribution in [0.5, 0.6) is 11.5 Å². The van der Waals surface area contributed by atoms with E-state index in [1.54, 1.807) is 12.1 Å². The van der Waals surface area contributed by atoms with Crippen LogP contribution in [0.1, 0.15) is 39.5 Å². The Morgan fingerprint density at radius 2 is 1.72 bits per heavy atom. The summed E-state index contributed by atoms with van der Waals surface area (Å²) >= 11 is 0. The molecule has 2 aromatic rings. The molecule has 0 bridgehead atoms. The monoisotopic (exact) mass is 392 g/mol. The van der Waals surface area contributed by atoms with Gasteiger partial charge in [0.2, 0.25) is 5.78 Å². The lowest BCUT2D eigenvalue weighted by Gasteiger charge is -2.34. The van der Waals surface area contributed by atoms with Crippen molar-refractivity contribution in [1.29, 1.82) is 0 Å². The van der Waals surface area contributed by atoms with Gasteiger partial charge in [0.15, 0.2) is 5.76 Å². The lowest BCUT2D eigenvalue weighted by Crippen LogP contribution is -2.45. The molecule has 0 unspecified atom stereocenters. The fraction of sp³-hybridized carbons (Fsp3) is 0.375. The van der Waals surface area contributed by atoms with Gasteiger partial charge in [0, 0.05) is 32.7 Å². The first kappa shape index (κ1) is 19.7. The summed E-state index contributed by atoms with van der Waals surface area (Å²) in [5.74, 6) is 0.914. The molecular formula is C24H28N2O3. The molecule has 4 rings (SSSR count). The second-order valence-electron chi connectivity index (χ2n) is 7.96. The van der Waals surface area contributed by atoms with Crippen LogP contribution < -0.4 is 4.74 Å². The third-order valence-corrected chi connectivity index (χ3v) is 5.89. The molecule has 0 aromatic heterocycles. The van der Waals surface area contributed by atoms with Crippen LogP contribution >= 0.6 is 0 Å². The Balaban J connectivity index is 1.63. The fourth-order valence-electron chi connectivity index (χ4n) is 4.03. The lowest BCUT2D eigenvalue weighted by molar-refractivity contribution is 0.101. The summed E-state index contributed by atoms with van der Waals surface area (Å²) in [6, 6.07) is 9.65. The Bertz CT molecular complexity index is 955. The van der Waals surface area contributed by atoms with Crippen LogP contribution in [0.3, 0.4) is 0 Å².